The van der Waals surface area contributed by atoms with E-state index in [0.29, 0.717) is 11.1 Å². The van der Waals surface area contributed by atoms with Gasteiger partial charge in [0, 0.05) is 12.2 Å². The standard InChI is InChI=1S/C16H25FN2/c1-16(2,3)13-6-8-19(9-7-13)11-12-10-14(17)4-5-15(12)18/h4-5,10,13H,6-9,11,18H2,1-3H3. The molecule has 2 nitrogen and oxygen atoms in total. The predicted octanol–water partition coefficient (Wildman–Crippen LogP) is 3.67. The van der Waals surface area contributed by atoms with Crippen molar-refractivity contribution in [3.05, 3.63) is 29.6 Å². The number of piperidine rings is 1. The van der Waals surface area contributed by atoms with Crippen molar-refractivity contribution in [1.29, 1.82) is 0 Å². The van der Waals surface area contributed by atoms with E-state index in [-0.39, 0.29) is 5.82 Å². The molecule has 1 aliphatic heterocycles. The summed E-state index contributed by atoms with van der Waals surface area (Å²) in [6.07, 6.45) is 2.44. The van der Waals surface area contributed by atoms with Gasteiger partial charge in [-0.25, -0.2) is 4.39 Å². The zero-order valence-electron chi connectivity index (χ0n) is 12.2. The van der Waals surface area contributed by atoms with E-state index < -0.39 is 0 Å². The summed E-state index contributed by atoms with van der Waals surface area (Å²) in [5.74, 6) is 0.586. The minimum Gasteiger partial charge on any atom is -0.398 e. The summed E-state index contributed by atoms with van der Waals surface area (Å²) in [5, 5.41) is 0. The number of halogens is 1. The molecular weight excluding hydrogens is 239 g/mol. The van der Waals surface area contributed by atoms with Crippen LogP contribution in [0.5, 0.6) is 0 Å². The monoisotopic (exact) mass is 264 g/mol. The smallest absolute Gasteiger partial charge is 0.123 e. The summed E-state index contributed by atoms with van der Waals surface area (Å²) in [7, 11) is 0. The summed E-state index contributed by atoms with van der Waals surface area (Å²) in [5.41, 5.74) is 7.91. The topological polar surface area (TPSA) is 29.3 Å². The summed E-state index contributed by atoms with van der Waals surface area (Å²) in [6.45, 7) is 9.88. The maximum Gasteiger partial charge on any atom is 0.123 e. The average molecular weight is 264 g/mol. The normalized spacial score (nSPS) is 18.7. The summed E-state index contributed by atoms with van der Waals surface area (Å²) >= 11 is 0. The number of likely N-dealkylation sites (tertiary alicyclic amines) is 1. The Labute approximate surface area is 115 Å². The second kappa shape index (κ2) is 5.49. The molecule has 0 atom stereocenters. The first-order valence-corrected chi connectivity index (χ1v) is 7.12. The molecule has 2 N–H and O–H groups in total. The van der Waals surface area contributed by atoms with Gasteiger partial charge in [0.25, 0.3) is 0 Å². The molecule has 0 spiro atoms. The zero-order chi connectivity index (χ0) is 14.0. The molecule has 0 bridgehead atoms. The Balaban J connectivity index is 1.94. The van der Waals surface area contributed by atoms with Crippen molar-refractivity contribution in [3.63, 3.8) is 0 Å². The fraction of sp³-hybridized carbons (Fsp3) is 0.625. The first kappa shape index (κ1) is 14.3. The number of rotatable bonds is 2. The summed E-state index contributed by atoms with van der Waals surface area (Å²) in [6, 6.07) is 4.64. The fourth-order valence-electron chi connectivity index (χ4n) is 2.91. The van der Waals surface area contributed by atoms with E-state index in [1.807, 2.05) is 0 Å². The van der Waals surface area contributed by atoms with Gasteiger partial charge in [0.15, 0.2) is 0 Å². The number of hydrogen-bond donors (Lipinski definition) is 1. The van der Waals surface area contributed by atoms with Crippen LogP contribution >= 0.6 is 0 Å². The van der Waals surface area contributed by atoms with E-state index in [2.05, 4.69) is 25.7 Å². The highest BCUT2D eigenvalue weighted by Gasteiger charge is 2.28. The Morgan fingerprint density at radius 2 is 1.89 bits per heavy atom. The Kier molecular flexibility index (Phi) is 4.14. The van der Waals surface area contributed by atoms with Crippen molar-refractivity contribution < 1.29 is 4.39 Å². The molecule has 1 fully saturated rings. The maximum atomic E-state index is 13.2. The molecule has 1 heterocycles. The van der Waals surface area contributed by atoms with Crippen LogP contribution in [0.1, 0.15) is 39.2 Å². The van der Waals surface area contributed by atoms with Crippen molar-refractivity contribution >= 4 is 5.69 Å². The van der Waals surface area contributed by atoms with Gasteiger partial charge in [-0.3, -0.25) is 4.90 Å². The van der Waals surface area contributed by atoms with Crippen LogP contribution in [-0.4, -0.2) is 18.0 Å². The first-order valence-electron chi connectivity index (χ1n) is 7.12. The van der Waals surface area contributed by atoms with Gasteiger partial charge in [0.05, 0.1) is 0 Å². The second-order valence-electron chi connectivity index (χ2n) is 6.76. The van der Waals surface area contributed by atoms with Crippen molar-refractivity contribution in [2.75, 3.05) is 18.8 Å². The molecular formula is C16H25FN2. The van der Waals surface area contributed by atoms with Crippen LogP contribution in [-0.2, 0) is 6.54 Å². The Morgan fingerprint density at radius 1 is 1.26 bits per heavy atom. The third-order valence-corrected chi connectivity index (χ3v) is 4.31. The number of nitrogen functional groups attached to an aromatic ring is 1. The van der Waals surface area contributed by atoms with Gasteiger partial charge in [-0.15, -0.1) is 0 Å². The molecule has 3 heteroatoms. The lowest BCUT2D eigenvalue weighted by molar-refractivity contribution is 0.108. The highest BCUT2D eigenvalue weighted by molar-refractivity contribution is 5.46. The predicted molar refractivity (Wildman–Crippen MR) is 78.3 cm³/mol. The largest absolute Gasteiger partial charge is 0.398 e. The molecule has 0 amide bonds. The molecule has 1 aromatic rings. The van der Waals surface area contributed by atoms with Crippen molar-refractivity contribution in [3.8, 4) is 0 Å². The van der Waals surface area contributed by atoms with E-state index in [4.69, 9.17) is 5.73 Å². The molecule has 2 rings (SSSR count). The molecule has 1 saturated heterocycles. The SMILES string of the molecule is CC(C)(C)C1CCN(Cc2cc(F)ccc2N)CC1. The maximum absolute atomic E-state index is 13.2. The zero-order valence-corrected chi connectivity index (χ0v) is 12.2. The van der Waals surface area contributed by atoms with Gasteiger partial charge in [0.2, 0.25) is 0 Å². The molecule has 0 aliphatic carbocycles. The van der Waals surface area contributed by atoms with Crippen LogP contribution in [0, 0.1) is 17.2 Å². The molecule has 1 aromatic carbocycles. The number of anilines is 1. The van der Waals surface area contributed by atoms with Crippen LogP contribution in [0.2, 0.25) is 0 Å². The van der Waals surface area contributed by atoms with Gasteiger partial charge < -0.3 is 5.73 Å². The van der Waals surface area contributed by atoms with E-state index in [0.717, 1.165) is 31.1 Å². The molecule has 106 valence electrons. The Bertz CT molecular complexity index is 429. The lowest BCUT2D eigenvalue weighted by atomic mass is 9.75. The van der Waals surface area contributed by atoms with Gasteiger partial charge >= 0.3 is 0 Å². The number of nitrogens with two attached hydrogens (primary N) is 1. The molecule has 1 aliphatic rings. The minimum atomic E-state index is -0.200. The van der Waals surface area contributed by atoms with E-state index in [9.17, 15) is 4.39 Å². The molecule has 0 radical (unpaired) electrons. The van der Waals surface area contributed by atoms with E-state index in [1.54, 1.807) is 12.1 Å². The van der Waals surface area contributed by atoms with E-state index in [1.165, 1.54) is 18.9 Å². The second-order valence-corrected chi connectivity index (χ2v) is 6.76. The van der Waals surface area contributed by atoms with Crippen molar-refractivity contribution in [2.24, 2.45) is 11.3 Å². The third kappa shape index (κ3) is 3.69. The van der Waals surface area contributed by atoms with E-state index >= 15 is 0 Å². The average Bonchev–Trinajstić information content (AvgIpc) is 2.33. The highest BCUT2D eigenvalue weighted by atomic mass is 19.1. The van der Waals surface area contributed by atoms with Gasteiger partial charge in [-0.2, -0.15) is 0 Å². The number of hydrogen-bond acceptors (Lipinski definition) is 2. The lowest BCUT2D eigenvalue weighted by Gasteiger charge is -2.38. The number of benzene rings is 1. The minimum absolute atomic E-state index is 0.200. The fourth-order valence-corrected chi connectivity index (χ4v) is 2.91. The summed E-state index contributed by atoms with van der Waals surface area (Å²) < 4.78 is 13.2. The Hall–Kier alpha value is -1.09. The van der Waals surface area contributed by atoms with Crippen LogP contribution in [0.15, 0.2) is 18.2 Å². The highest BCUT2D eigenvalue weighted by Crippen LogP contribution is 2.34. The summed E-state index contributed by atoms with van der Waals surface area (Å²) in [4.78, 5) is 2.38. The third-order valence-electron chi connectivity index (χ3n) is 4.31. The van der Waals surface area contributed by atoms with Crippen LogP contribution < -0.4 is 5.73 Å². The Morgan fingerprint density at radius 3 is 2.47 bits per heavy atom. The molecule has 0 aromatic heterocycles. The lowest BCUT2D eigenvalue weighted by Crippen LogP contribution is -2.37. The number of nitrogens with zero attached hydrogens (tertiary/aromatic N) is 1. The van der Waals surface area contributed by atoms with Gasteiger partial charge in [-0.1, -0.05) is 20.8 Å². The molecule has 0 unspecified atom stereocenters. The van der Waals surface area contributed by atoms with Gasteiger partial charge in [-0.05, 0) is 61.0 Å². The van der Waals surface area contributed by atoms with Gasteiger partial charge in [0.1, 0.15) is 5.82 Å². The van der Waals surface area contributed by atoms with Crippen LogP contribution in [0.3, 0.4) is 0 Å². The quantitative estimate of drug-likeness (QED) is 0.826. The first-order chi connectivity index (χ1) is 8.86. The van der Waals surface area contributed by atoms with Crippen LogP contribution in [0.4, 0.5) is 10.1 Å². The van der Waals surface area contributed by atoms with Crippen molar-refractivity contribution in [1.82, 2.24) is 4.90 Å². The molecule has 19 heavy (non-hydrogen) atoms. The molecule has 0 saturated carbocycles. The van der Waals surface area contributed by atoms with Crippen molar-refractivity contribution in [2.45, 2.75) is 40.2 Å². The van der Waals surface area contributed by atoms with Crippen LogP contribution in [0.25, 0.3) is 0 Å².